The maximum Gasteiger partial charge on any atom is 0.338 e. The van der Waals surface area contributed by atoms with Crippen molar-refractivity contribution in [1.82, 2.24) is 10.4 Å². The molecule has 1 atom stereocenters. The number of amides is 3. The monoisotopic (exact) mass is 468 g/mol. The van der Waals surface area contributed by atoms with Gasteiger partial charge >= 0.3 is 5.97 Å². The van der Waals surface area contributed by atoms with Gasteiger partial charge in [-0.05, 0) is 55.4 Å². The average molecular weight is 469 g/mol. The van der Waals surface area contributed by atoms with Crippen LogP contribution in [0.5, 0.6) is 0 Å². The van der Waals surface area contributed by atoms with Gasteiger partial charge in [0.1, 0.15) is 6.04 Å². The van der Waals surface area contributed by atoms with Crippen LogP contribution in [0.2, 0.25) is 0 Å². The maximum atomic E-state index is 13.1. The van der Waals surface area contributed by atoms with Crippen molar-refractivity contribution in [1.29, 1.82) is 0 Å². The Hall–Kier alpha value is -3.79. The molecule has 0 aromatic heterocycles. The lowest BCUT2D eigenvalue weighted by Crippen LogP contribution is -2.49. The van der Waals surface area contributed by atoms with E-state index in [1.54, 1.807) is 19.1 Å². The van der Waals surface area contributed by atoms with Gasteiger partial charge in [0.15, 0.2) is 0 Å². The van der Waals surface area contributed by atoms with Gasteiger partial charge in [-0.1, -0.05) is 30.3 Å². The normalized spacial score (nSPS) is 15.5. The van der Waals surface area contributed by atoms with E-state index in [1.807, 2.05) is 30.3 Å². The van der Waals surface area contributed by atoms with Gasteiger partial charge in [0.2, 0.25) is 16.9 Å². The van der Waals surface area contributed by atoms with Crippen LogP contribution in [0.3, 0.4) is 0 Å². The highest BCUT2D eigenvalue weighted by Crippen LogP contribution is 2.26. The van der Waals surface area contributed by atoms with Crippen LogP contribution < -0.4 is 16.1 Å². The number of rotatable bonds is 9. The number of aryl methyl sites for hydroxylation is 1. The van der Waals surface area contributed by atoms with Crippen LogP contribution in [0.25, 0.3) is 0 Å². The second kappa shape index (κ2) is 10.7. The summed E-state index contributed by atoms with van der Waals surface area (Å²) in [6.45, 7) is 1.94. The van der Waals surface area contributed by atoms with E-state index in [0.29, 0.717) is 17.7 Å². The Labute approximate surface area is 196 Å². The van der Waals surface area contributed by atoms with E-state index >= 15 is 0 Å². The fraction of sp³-hybridized carbons (Fsp3) is 0.261. The highest BCUT2D eigenvalue weighted by molar-refractivity contribution is 7.80. The summed E-state index contributed by atoms with van der Waals surface area (Å²) in [5, 5.41) is 1.21. The molecule has 1 unspecified atom stereocenters. The van der Waals surface area contributed by atoms with Crippen molar-refractivity contribution in [3.8, 4) is 0 Å². The summed E-state index contributed by atoms with van der Waals surface area (Å²) in [4.78, 5) is 50.3. The van der Waals surface area contributed by atoms with Crippen LogP contribution in [0.1, 0.15) is 35.7 Å². The Morgan fingerprint density at radius 1 is 1.09 bits per heavy atom. The molecule has 172 valence electrons. The largest absolute Gasteiger partial charge is 0.462 e. The molecule has 0 spiro atoms. The number of thiocarbonyl (C=S) groups is 1. The fourth-order valence-corrected chi connectivity index (χ4v) is 3.75. The lowest BCUT2D eigenvalue weighted by atomic mass is 10.1. The van der Waals surface area contributed by atoms with Gasteiger partial charge in [0.05, 0.1) is 24.3 Å². The molecule has 0 radical (unpaired) electrons. The minimum absolute atomic E-state index is 0.00296. The highest BCUT2D eigenvalue weighted by atomic mass is 32.1. The minimum atomic E-state index is -1.07. The molecular weight excluding hydrogens is 444 g/mol. The topological polar surface area (TPSA) is 122 Å². The van der Waals surface area contributed by atoms with E-state index in [4.69, 9.17) is 22.7 Å². The molecule has 1 aliphatic heterocycles. The Morgan fingerprint density at radius 3 is 2.36 bits per heavy atom. The molecule has 2 aromatic rings. The van der Waals surface area contributed by atoms with Crippen molar-refractivity contribution in [2.45, 2.75) is 32.2 Å². The third-order valence-electron chi connectivity index (χ3n) is 4.97. The van der Waals surface area contributed by atoms with Gasteiger partial charge < -0.3 is 10.5 Å². The second-order valence-electron chi connectivity index (χ2n) is 7.30. The van der Waals surface area contributed by atoms with Crippen LogP contribution in [0.4, 0.5) is 5.69 Å². The molecule has 0 aliphatic carbocycles. The predicted octanol–water partition coefficient (Wildman–Crippen LogP) is 1.70. The van der Waals surface area contributed by atoms with Crippen LogP contribution in [-0.4, -0.2) is 46.5 Å². The Balaban J connectivity index is 1.76. The quantitative estimate of drug-likeness (QED) is 0.424. The Kier molecular flexibility index (Phi) is 7.73. The van der Waals surface area contributed by atoms with Gasteiger partial charge in [-0.25, -0.2) is 9.80 Å². The van der Waals surface area contributed by atoms with Gasteiger partial charge in [-0.2, -0.15) is 0 Å². The Morgan fingerprint density at radius 2 is 1.76 bits per heavy atom. The summed E-state index contributed by atoms with van der Waals surface area (Å²) < 4.78 is 4.96. The van der Waals surface area contributed by atoms with E-state index in [-0.39, 0.29) is 30.5 Å². The molecule has 33 heavy (non-hydrogen) atoms. The first-order chi connectivity index (χ1) is 15.8. The van der Waals surface area contributed by atoms with Gasteiger partial charge in [-0.15, -0.1) is 0 Å². The number of ether oxygens (including phenoxy) is 1. The molecule has 3 rings (SSSR count). The molecule has 9 nitrogen and oxygen atoms in total. The summed E-state index contributed by atoms with van der Waals surface area (Å²) in [5.74, 6) is -2.06. The number of benzene rings is 2. The average Bonchev–Trinajstić information content (AvgIpc) is 3.02. The maximum absolute atomic E-state index is 13.1. The van der Waals surface area contributed by atoms with Crippen molar-refractivity contribution in [3.63, 3.8) is 0 Å². The molecule has 10 heteroatoms. The highest BCUT2D eigenvalue weighted by Gasteiger charge is 2.45. The van der Waals surface area contributed by atoms with Crippen LogP contribution in [-0.2, 0) is 25.5 Å². The third kappa shape index (κ3) is 5.72. The van der Waals surface area contributed by atoms with Crippen molar-refractivity contribution in [2.24, 2.45) is 5.73 Å². The number of hydrogen-bond donors (Lipinski definition) is 2. The molecule has 0 saturated carbocycles. The van der Waals surface area contributed by atoms with Gasteiger partial charge in [0.25, 0.3) is 5.91 Å². The number of hydrogen-bond acceptors (Lipinski definition) is 6. The smallest absolute Gasteiger partial charge is 0.338 e. The van der Waals surface area contributed by atoms with Crippen molar-refractivity contribution in [2.75, 3.05) is 11.5 Å². The third-order valence-corrected chi connectivity index (χ3v) is 5.35. The van der Waals surface area contributed by atoms with E-state index in [9.17, 15) is 19.2 Å². The fourth-order valence-electron chi connectivity index (χ4n) is 3.38. The zero-order valence-corrected chi connectivity index (χ0v) is 18.8. The number of nitrogens with zero attached hydrogens (tertiary/aromatic N) is 2. The van der Waals surface area contributed by atoms with Crippen LogP contribution in [0.15, 0.2) is 54.6 Å². The van der Waals surface area contributed by atoms with Crippen molar-refractivity contribution < 1.29 is 23.9 Å². The number of carbonyl (C=O) groups is 4. The summed E-state index contributed by atoms with van der Waals surface area (Å²) >= 11 is 5.45. The van der Waals surface area contributed by atoms with E-state index in [0.717, 1.165) is 5.56 Å². The van der Waals surface area contributed by atoms with E-state index in [1.165, 1.54) is 22.0 Å². The van der Waals surface area contributed by atoms with E-state index < -0.39 is 23.8 Å². The summed E-state index contributed by atoms with van der Waals surface area (Å²) in [7, 11) is 0. The molecule has 1 fully saturated rings. The van der Waals surface area contributed by atoms with Gasteiger partial charge in [-0.3, -0.25) is 24.7 Å². The molecule has 2 aromatic carbocycles. The number of nitrogens with two attached hydrogens (primary N) is 1. The van der Waals surface area contributed by atoms with Crippen LogP contribution >= 0.6 is 12.2 Å². The number of carbonyl (C=O) groups excluding carboxylic acids is 4. The summed E-state index contributed by atoms with van der Waals surface area (Å²) in [6, 6.07) is 14.5. The summed E-state index contributed by atoms with van der Waals surface area (Å²) in [5.41, 5.74) is 9.66. The number of esters is 1. The predicted molar refractivity (Wildman–Crippen MR) is 125 cm³/mol. The zero-order valence-electron chi connectivity index (χ0n) is 18.0. The Bertz CT molecular complexity index is 1060. The van der Waals surface area contributed by atoms with Crippen molar-refractivity contribution >= 4 is 46.7 Å². The molecule has 1 heterocycles. The SMILES string of the molecule is CCOC(=O)c1ccc(N2C(=O)C(CC(N)=O)N(NC(=O)CCc3ccccc3)C2=S)cc1. The first-order valence-corrected chi connectivity index (χ1v) is 10.8. The molecule has 3 amide bonds. The molecule has 3 N–H and O–H groups in total. The van der Waals surface area contributed by atoms with Crippen LogP contribution in [0, 0.1) is 0 Å². The lowest BCUT2D eigenvalue weighted by molar-refractivity contribution is -0.129. The van der Waals surface area contributed by atoms with Gasteiger partial charge in [0, 0.05) is 6.42 Å². The molecule has 0 bridgehead atoms. The zero-order chi connectivity index (χ0) is 24.0. The molecule has 1 aliphatic rings. The van der Waals surface area contributed by atoms with Crippen molar-refractivity contribution in [3.05, 3.63) is 65.7 Å². The molecule has 1 saturated heterocycles. The van der Waals surface area contributed by atoms with E-state index in [2.05, 4.69) is 5.43 Å². The molecular formula is C23H24N4O5S. The first-order valence-electron chi connectivity index (χ1n) is 10.4. The second-order valence-corrected chi connectivity index (χ2v) is 7.67. The number of nitrogens with one attached hydrogen (secondary N) is 1. The lowest BCUT2D eigenvalue weighted by Gasteiger charge is -2.24. The number of hydrazine groups is 1. The standard InChI is InChI=1S/C23H24N4O5S/c1-2-32-22(31)16-9-11-17(12-10-16)26-21(30)18(14-19(24)28)27(23(26)33)25-20(29)13-8-15-6-4-3-5-7-15/h3-7,9-12,18H,2,8,13-14H2,1H3,(H2,24,28)(H,25,29). The first kappa shape index (κ1) is 23.9. The minimum Gasteiger partial charge on any atom is -0.462 e. The number of anilines is 1. The number of primary amides is 1. The summed E-state index contributed by atoms with van der Waals surface area (Å²) in [6.07, 6.45) is 0.338.